The van der Waals surface area contributed by atoms with Gasteiger partial charge in [-0.3, -0.25) is 15.2 Å². The predicted molar refractivity (Wildman–Crippen MR) is 76.8 cm³/mol. The number of aryl methyl sites for hydroxylation is 1. The molecular formula is C14H11F3N4O3. The third kappa shape index (κ3) is 2.77. The maximum Gasteiger partial charge on any atom is 0.451 e. The molecule has 0 aliphatic carbocycles. The molecule has 0 unspecified atom stereocenters. The minimum Gasteiger partial charge on any atom is -0.497 e. The molecule has 0 spiro atoms. The largest absolute Gasteiger partial charge is 0.497 e. The normalized spacial score (nSPS) is 11.7. The summed E-state index contributed by atoms with van der Waals surface area (Å²) in [6, 6.07) is 4.99. The van der Waals surface area contributed by atoms with E-state index in [1.165, 1.54) is 7.11 Å². The number of alkyl halides is 3. The molecule has 2 aromatic heterocycles. The molecular weight excluding hydrogens is 329 g/mol. The average molecular weight is 340 g/mol. The number of benzene rings is 1. The van der Waals surface area contributed by atoms with Crippen LogP contribution < -0.4 is 10.1 Å². The number of hydrogen-bond acceptors (Lipinski definition) is 5. The van der Waals surface area contributed by atoms with Crippen molar-refractivity contribution < 1.29 is 27.1 Å². The van der Waals surface area contributed by atoms with E-state index in [1.807, 2.05) is 0 Å². The summed E-state index contributed by atoms with van der Waals surface area (Å²) in [6.45, 7) is 1.65. The highest BCUT2D eigenvalue weighted by atomic mass is 19.4. The number of methoxy groups -OCH3 is 1. The van der Waals surface area contributed by atoms with Crippen LogP contribution in [-0.4, -0.2) is 28.2 Å². The van der Waals surface area contributed by atoms with Gasteiger partial charge in [-0.2, -0.15) is 18.2 Å². The number of hydrogen-bond donors (Lipinski definition) is 2. The Morgan fingerprint density at radius 1 is 1.38 bits per heavy atom. The highest BCUT2D eigenvalue weighted by Crippen LogP contribution is 2.29. The maximum absolute atomic E-state index is 12.5. The lowest BCUT2D eigenvalue weighted by Gasteiger charge is -1.99. The number of fused-ring (bicyclic) bond motifs is 1. The second-order valence-corrected chi connectivity index (χ2v) is 4.88. The highest BCUT2D eigenvalue weighted by molar-refractivity contribution is 6.05. The topological polar surface area (TPSA) is 93.0 Å². The van der Waals surface area contributed by atoms with E-state index in [-0.39, 0.29) is 5.76 Å². The second-order valence-electron chi connectivity index (χ2n) is 4.88. The van der Waals surface area contributed by atoms with Gasteiger partial charge in [0.25, 0.3) is 5.91 Å². The number of carbonyl (C=O) groups is 1. The van der Waals surface area contributed by atoms with Crippen LogP contribution in [0, 0.1) is 6.92 Å². The summed E-state index contributed by atoms with van der Waals surface area (Å²) in [5.74, 6) is -2.01. The van der Waals surface area contributed by atoms with Crippen LogP contribution in [0.1, 0.15) is 21.9 Å². The summed E-state index contributed by atoms with van der Waals surface area (Å²) in [5.41, 5.74) is 0.970. The Labute approximate surface area is 132 Å². The molecule has 0 saturated heterocycles. The quantitative estimate of drug-likeness (QED) is 0.764. The van der Waals surface area contributed by atoms with E-state index in [2.05, 4.69) is 15.4 Å². The molecule has 0 fully saturated rings. The first-order chi connectivity index (χ1) is 11.3. The maximum atomic E-state index is 12.5. The van der Waals surface area contributed by atoms with Gasteiger partial charge in [-0.15, -0.1) is 5.10 Å². The van der Waals surface area contributed by atoms with Gasteiger partial charge in [-0.05, 0) is 25.1 Å². The summed E-state index contributed by atoms with van der Waals surface area (Å²) in [7, 11) is 1.51. The van der Waals surface area contributed by atoms with E-state index in [4.69, 9.17) is 9.15 Å². The van der Waals surface area contributed by atoms with Gasteiger partial charge in [0.15, 0.2) is 5.76 Å². The molecule has 0 aliphatic rings. The fourth-order valence-electron chi connectivity index (χ4n) is 2.15. The predicted octanol–water partition coefficient (Wildman–Crippen LogP) is 3.14. The van der Waals surface area contributed by atoms with Crippen LogP contribution >= 0.6 is 0 Å². The number of H-pyrrole nitrogens is 1. The van der Waals surface area contributed by atoms with Crippen LogP contribution in [0.2, 0.25) is 0 Å². The molecule has 0 aliphatic heterocycles. The van der Waals surface area contributed by atoms with E-state index in [0.717, 1.165) is 0 Å². The van der Waals surface area contributed by atoms with Gasteiger partial charge in [0.2, 0.25) is 11.8 Å². The molecule has 1 amide bonds. The van der Waals surface area contributed by atoms with Gasteiger partial charge in [0.05, 0.1) is 7.11 Å². The van der Waals surface area contributed by atoms with Crippen molar-refractivity contribution in [3.63, 3.8) is 0 Å². The second kappa shape index (κ2) is 5.55. The lowest BCUT2D eigenvalue weighted by Crippen LogP contribution is -2.13. The van der Waals surface area contributed by atoms with Crippen LogP contribution in [0.15, 0.2) is 22.6 Å². The van der Waals surface area contributed by atoms with Gasteiger partial charge in [-0.1, -0.05) is 0 Å². The van der Waals surface area contributed by atoms with Gasteiger partial charge < -0.3 is 9.15 Å². The van der Waals surface area contributed by atoms with Gasteiger partial charge in [-0.25, -0.2) is 0 Å². The third-order valence-corrected chi connectivity index (χ3v) is 3.33. The Morgan fingerprint density at radius 2 is 2.12 bits per heavy atom. The molecule has 3 aromatic rings. The van der Waals surface area contributed by atoms with E-state index >= 15 is 0 Å². The van der Waals surface area contributed by atoms with Crippen LogP contribution in [0.5, 0.6) is 5.75 Å². The van der Waals surface area contributed by atoms with Crippen molar-refractivity contribution in [2.45, 2.75) is 13.1 Å². The summed E-state index contributed by atoms with van der Waals surface area (Å²) in [6.07, 6.45) is -4.68. The number of furan rings is 1. The molecule has 7 nitrogen and oxygen atoms in total. The molecule has 0 radical (unpaired) electrons. The Hall–Kier alpha value is -3.04. The smallest absolute Gasteiger partial charge is 0.451 e. The number of nitrogens with zero attached hydrogens (tertiary/aromatic N) is 2. The van der Waals surface area contributed by atoms with Crippen molar-refractivity contribution in [1.29, 1.82) is 0 Å². The number of aromatic amines is 1. The minimum atomic E-state index is -4.68. The number of ether oxygens (including phenoxy) is 1. The first kappa shape index (κ1) is 15.8. The van der Waals surface area contributed by atoms with Crippen molar-refractivity contribution in [3.05, 3.63) is 35.3 Å². The minimum absolute atomic E-state index is 0.0448. The number of anilines is 1. The van der Waals surface area contributed by atoms with E-state index < -0.39 is 23.9 Å². The number of nitrogens with one attached hydrogen (secondary N) is 2. The Morgan fingerprint density at radius 3 is 2.75 bits per heavy atom. The molecule has 24 heavy (non-hydrogen) atoms. The Balaban J connectivity index is 1.89. The first-order valence-electron chi connectivity index (χ1n) is 6.67. The number of aromatic nitrogens is 3. The van der Waals surface area contributed by atoms with E-state index in [9.17, 15) is 18.0 Å². The fraction of sp³-hybridized carbons (Fsp3) is 0.214. The molecule has 1 aromatic carbocycles. The third-order valence-electron chi connectivity index (χ3n) is 3.33. The first-order valence-corrected chi connectivity index (χ1v) is 6.67. The lowest BCUT2D eigenvalue weighted by molar-refractivity contribution is -0.144. The van der Waals surface area contributed by atoms with Crippen molar-refractivity contribution in [2.24, 2.45) is 0 Å². The number of amides is 1. The van der Waals surface area contributed by atoms with Crippen LogP contribution in [0.3, 0.4) is 0 Å². The zero-order valence-electron chi connectivity index (χ0n) is 12.5. The number of halogens is 3. The highest BCUT2D eigenvalue weighted by Gasteiger charge is 2.35. The SMILES string of the molecule is COc1ccc2oc(C(=O)Nc3n[nH]c(C(F)(F)F)n3)c(C)c2c1. The summed E-state index contributed by atoms with van der Waals surface area (Å²) in [4.78, 5) is 15.4. The zero-order valence-corrected chi connectivity index (χ0v) is 12.5. The summed E-state index contributed by atoms with van der Waals surface area (Å²) >= 11 is 0. The van der Waals surface area contributed by atoms with Crippen molar-refractivity contribution in [2.75, 3.05) is 12.4 Å². The van der Waals surface area contributed by atoms with E-state index in [1.54, 1.807) is 30.2 Å². The fourth-order valence-corrected chi connectivity index (χ4v) is 2.15. The standard InChI is InChI=1S/C14H11F3N4O3/c1-6-8-5-7(23-2)3-4-9(8)24-10(6)11(22)18-13-19-12(20-21-13)14(15,16)17/h3-5H,1-2H3,(H2,18,19,20,21,22). The van der Waals surface area contributed by atoms with Gasteiger partial charge in [0.1, 0.15) is 11.3 Å². The van der Waals surface area contributed by atoms with Crippen molar-refractivity contribution in [3.8, 4) is 5.75 Å². The molecule has 0 atom stereocenters. The molecule has 0 saturated carbocycles. The van der Waals surface area contributed by atoms with Gasteiger partial charge >= 0.3 is 6.18 Å². The van der Waals surface area contributed by atoms with E-state index in [0.29, 0.717) is 22.3 Å². The number of rotatable bonds is 3. The van der Waals surface area contributed by atoms with Crippen molar-refractivity contribution in [1.82, 2.24) is 15.2 Å². The molecule has 3 rings (SSSR count). The van der Waals surface area contributed by atoms with Crippen LogP contribution in [0.4, 0.5) is 19.1 Å². The lowest BCUT2D eigenvalue weighted by atomic mass is 10.1. The monoisotopic (exact) mass is 340 g/mol. The van der Waals surface area contributed by atoms with Crippen LogP contribution in [0.25, 0.3) is 11.0 Å². The molecule has 126 valence electrons. The Bertz CT molecular complexity index is 914. The summed E-state index contributed by atoms with van der Waals surface area (Å²) in [5, 5.41) is 7.84. The number of carbonyl (C=O) groups excluding carboxylic acids is 1. The Kier molecular flexibility index (Phi) is 3.66. The molecule has 2 N–H and O–H groups in total. The molecule has 10 heteroatoms. The van der Waals surface area contributed by atoms with Crippen molar-refractivity contribution >= 4 is 22.8 Å². The summed E-state index contributed by atoms with van der Waals surface area (Å²) < 4.78 is 47.9. The average Bonchev–Trinajstić information content (AvgIpc) is 3.12. The zero-order chi connectivity index (χ0) is 17.5. The molecule has 0 bridgehead atoms. The van der Waals surface area contributed by atoms with Crippen LogP contribution in [-0.2, 0) is 6.18 Å². The molecule has 2 heterocycles. The van der Waals surface area contributed by atoms with Gasteiger partial charge in [0, 0.05) is 10.9 Å².